The van der Waals surface area contributed by atoms with Gasteiger partial charge in [0.25, 0.3) is 0 Å². The van der Waals surface area contributed by atoms with Gasteiger partial charge in [0.1, 0.15) is 5.70 Å². The van der Waals surface area contributed by atoms with Gasteiger partial charge >= 0.3 is 5.97 Å². The first-order valence-corrected chi connectivity index (χ1v) is 12.3. The number of hydrogen-bond acceptors (Lipinski definition) is 6. The predicted octanol–water partition coefficient (Wildman–Crippen LogP) is 3.01. The number of aliphatic hydroxyl groups excluding tert-OH is 1. The molecule has 0 aliphatic carbocycles. The van der Waals surface area contributed by atoms with E-state index < -0.39 is 18.0 Å². The van der Waals surface area contributed by atoms with Crippen molar-refractivity contribution in [1.29, 1.82) is 0 Å². The molecule has 182 valence electrons. The fraction of sp³-hybridized carbons (Fsp3) is 0.440. The summed E-state index contributed by atoms with van der Waals surface area (Å²) in [5.41, 5.74) is 8.42. The zero-order valence-electron chi connectivity index (χ0n) is 19.1. The van der Waals surface area contributed by atoms with Crippen LogP contribution in [0.1, 0.15) is 37.4 Å². The Labute approximate surface area is 209 Å². The van der Waals surface area contributed by atoms with Crippen LogP contribution in [0.3, 0.4) is 0 Å². The Bertz CT molecular complexity index is 1170. The molecule has 1 amide bonds. The van der Waals surface area contributed by atoms with Crippen LogP contribution >= 0.6 is 24.2 Å². The van der Waals surface area contributed by atoms with Crippen LogP contribution in [0.5, 0.6) is 0 Å². The number of aliphatic carboxylic acids is 1. The lowest BCUT2D eigenvalue weighted by atomic mass is 9.79. The van der Waals surface area contributed by atoms with E-state index >= 15 is 0 Å². The van der Waals surface area contributed by atoms with Gasteiger partial charge in [-0.3, -0.25) is 4.79 Å². The van der Waals surface area contributed by atoms with Crippen LogP contribution in [0.2, 0.25) is 0 Å². The van der Waals surface area contributed by atoms with E-state index in [1.165, 1.54) is 21.2 Å². The summed E-state index contributed by atoms with van der Waals surface area (Å²) >= 11 is 1.57. The third kappa shape index (κ3) is 3.91. The quantitative estimate of drug-likeness (QED) is 0.448. The lowest BCUT2D eigenvalue weighted by Gasteiger charge is -2.46. The van der Waals surface area contributed by atoms with Gasteiger partial charge in [-0.15, -0.1) is 24.2 Å². The smallest absolute Gasteiger partial charge is 0.353 e. The number of carbonyl (C=O) groups excluding carboxylic acids is 1. The Morgan fingerprint density at radius 3 is 2.74 bits per heavy atom. The first-order valence-electron chi connectivity index (χ1n) is 11.4. The molecular weight excluding hydrogens is 474 g/mol. The van der Waals surface area contributed by atoms with E-state index in [1.54, 1.807) is 18.7 Å². The fourth-order valence-corrected chi connectivity index (χ4v) is 7.17. The summed E-state index contributed by atoms with van der Waals surface area (Å²) in [6, 6.07) is 12.5. The van der Waals surface area contributed by atoms with Crippen LogP contribution in [0.4, 0.5) is 0 Å². The lowest BCUT2D eigenvalue weighted by Crippen LogP contribution is -2.63. The van der Waals surface area contributed by atoms with Crippen molar-refractivity contribution in [3.05, 3.63) is 58.1 Å². The molecule has 6 atom stereocenters. The molecule has 0 aromatic heterocycles. The van der Waals surface area contributed by atoms with Crippen molar-refractivity contribution < 1.29 is 19.8 Å². The van der Waals surface area contributed by atoms with Crippen molar-refractivity contribution in [2.75, 3.05) is 6.54 Å². The van der Waals surface area contributed by atoms with Crippen LogP contribution in [0.25, 0.3) is 10.8 Å². The standard InChI is InChI=1S/C25H29N3O4S.ClH/c1-12-21-20(13(2)29)24(30)28(21)22(25(31)32)23(12)33-17-9-19(27-11-17)15-7-14-5-3-4-6-18(14)16(8-15)10-26;/h3-8,12-13,17,19-21,27,29H,9-11,26H2,1-2H3,(H,31,32);1H/t12-,13-,17+,19-,20-,21-;/m1./s1. The number of nitrogens with two attached hydrogens (primary N) is 1. The lowest BCUT2D eigenvalue weighted by molar-refractivity contribution is -0.163. The summed E-state index contributed by atoms with van der Waals surface area (Å²) < 4.78 is 0. The second kappa shape index (κ2) is 9.51. The second-order valence-corrected chi connectivity index (χ2v) is 10.7. The minimum absolute atomic E-state index is 0. The van der Waals surface area contributed by atoms with Crippen LogP contribution in [-0.4, -0.2) is 50.9 Å². The molecule has 5 rings (SSSR count). The van der Waals surface area contributed by atoms with E-state index in [9.17, 15) is 19.8 Å². The second-order valence-electron chi connectivity index (χ2n) is 9.31. The Morgan fingerprint density at radius 2 is 2.06 bits per heavy atom. The number of nitrogens with one attached hydrogen (secondary N) is 1. The number of halogens is 1. The highest BCUT2D eigenvalue weighted by Gasteiger charge is 2.60. The number of benzene rings is 2. The molecule has 34 heavy (non-hydrogen) atoms. The van der Waals surface area contributed by atoms with Crippen LogP contribution in [0, 0.1) is 11.8 Å². The maximum Gasteiger partial charge on any atom is 0.353 e. The average Bonchev–Trinajstić information content (AvgIpc) is 3.35. The Hall–Kier alpha value is -2.10. The monoisotopic (exact) mass is 503 g/mol. The highest BCUT2D eigenvalue weighted by atomic mass is 35.5. The van der Waals surface area contributed by atoms with E-state index in [-0.39, 0.29) is 47.3 Å². The predicted molar refractivity (Wildman–Crippen MR) is 135 cm³/mol. The summed E-state index contributed by atoms with van der Waals surface area (Å²) in [5.74, 6) is -2.01. The van der Waals surface area contributed by atoms with Crippen molar-refractivity contribution in [2.45, 2.75) is 50.3 Å². The van der Waals surface area contributed by atoms with Gasteiger partial charge in [0.2, 0.25) is 5.91 Å². The van der Waals surface area contributed by atoms with Gasteiger partial charge in [-0.1, -0.05) is 37.3 Å². The zero-order chi connectivity index (χ0) is 23.4. The molecule has 5 N–H and O–H groups in total. The maximum atomic E-state index is 12.6. The van der Waals surface area contributed by atoms with E-state index in [0.29, 0.717) is 6.54 Å². The molecular formula is C25H30ClN3O4S. The van der Waals surface area contributed by atoms with Gasteiger partial charge in [-0.25, -0.2) is 4.79 Å². The maximum absolute atomic E-state index is 12.6. The molecule has 2 aromatic rings. The van der Waals surface area contributed by atoms with Gasteiger partial charge < -0.3 is 26.2 Å². The number of amides is 1. The van der Waals surface area contributed by atoms with E-state index in [2.05, 4.69) is 29.6 Å². The van der Waals surface area contributed by atoms with Gasteiger partial charge in [-0.05, 0) is 41.3 Å². The number of hydrogen-bond donors (Lipinski definition) is 4. The minimum atomic E-state index is -1.08. The number of nitrogens with zero attached hydrogens (tertiary/aromatic N) is 1. The van der Waals surface area contributed by atoms with Gasteiger partial charge in [0, 0.05) is 35.2 Å². The number of rotatable bonds is 6. The van der Waals surface area contributed by atoms with Crippen LogP contribution in [-0.2, 0) is 16.1 Å². The minimum Gasteiger partial charge on any atom is -0.477 e. The molecule has 7 nitrogen and oxygen atoms in total. The number of carboxylic acid groups (broad SMARTS) is 1. The fourth-order valence-electron chi connectivity index (χ4n) is 5.69. The molecule has 0 saturated carbocycles. The molecule has 2 fully saturated rings. The molecule has 2 saturated heterocycles. The highest BCUT2D eigenvalue weighted by molar-refractivity contribution is 8.03. The largest absolute Gasteiger partial charge is 0.477 e. The molecule has 0 unspecified atom stereocenters. The normalized spacial score (nSPS) is 29.1. The molecule has 0 bridgehead atoms. The van der Waals surface area contributed by atoms with Crippen molar-refractivity contribution in [2.24, 2.45) is 17.6 Å². The Balaban J connectivity index is 0.00000274. The van der Waals surface area contributed by atoms with Crippen molar-refractivity contribution in [3.8, 4) is 0 Å². The van der Waals surface area contributed by atoms with Crippen LogP contribution < -0.4 is 11.1 Å². The van der Waals surface area contributed by atoms with Gasteiger partial charge in [-0.2, -0.15) is 0 Å². The van der Waals surface area contributed by atoms with Gasteiger partial charge in [0.15, 0.2) is 0 Å². The SMILES string of the molecule is C[C@@H](O)[C@H]1C(=O)N2C(C(=O)O)=C(S[C@@H]3CN[C@@H](c4cc(CN)c5ccccc5c4)C3)[C@H](C)[C@H]12.Cl. The van der Waals surface area contributed by atoms with Crippen molar-refractivity contribution in [3.63, 3.8) is 0 Å². The number of carbonyl (C=O) groups is 2. The van der Waals surface area contributed by atoms with E-state index in [4.69, 9.17) is 5.73 Å². The molecule has 0 spiro atoms. The molecule has 0 radical (unpaired) electrons. The first-order chi connectivity index (χ1) is 15.8. The first kappa shape index (κ1) is 25.0. The number of β-lactam (4-membered cyclic amide) rings is 1. The molecule has 9 heteroatoms. The highest BCUT2D eigenvalue weighted by Crippen LogP contribution is 2.52. The van der Waals surface area contributed by atoms with E-state index in [0.717, 1.165) is 23.4 Å². The molecule has 2 aromatic carbocycles. The molecule has 3 aliphatic heterocycles. The summed E-state index contributed by atoms with van der Waals surface area (Å²) in [7, 11) is 0. The summed E-state index contributed by atoms with van der Waals surface area (Å²) in [4.78, 5) is 26.8. The zero-order valence-corrected chi connectivity index (χ0v) is 20.7. The molecule has 3 heterocycles. The third-order valence-corrected chi connectivity index (χ3v) is 8.80. The summed E-state index contributed by atoms with van der Waals surface area (Å²) in [5, 5.41) is 26.0. The third-order valence-electron chi connectivity index (χ3n) is 7.29. The summed E-state index contributed by atoms with van der Waals surface area (Å²) in [6.45, 7) is 4.79. The topological polar surface area (TPSA) is 116 Å². The van der Waals surface area contributed by atoms with Crippen molar-refractivity contribution in [1.82, 2.24) is 10.2 Å². The number of aliphatic hydroxyl groups is 1. The number of fused-ring (bicyclic) bond motifs is 2. The van der Waals surface area contributed by atoms with Gasteiger partial charge in [0.05, 0.1) is 18.1 Å². The van der Waals surface area contributed by atoms with Crippen molar-refractivity contribution >= 4 is 46.8 Å². The average molecular weight is 504 g/mol. The van der Waals surface area contributed by atoms with Crippen LogP contribution in [0.15, 0.2) is 47.0 Å². The Kier molecular flexibility index (Phi) is 6.99. The number of thioether (sulfide) groups is 1. The number of carboxylic acids is 1. The Morgan fingerprint density at radius 1 is 1.32 bits per heavy atom. The van der Waals surface area contributed by atoms with E-state index in [1.807, 2.05) is 19.1 Å². The molecule has 3 aliphatic rings. The summed E-state index contributed by atoms with van der Waals surface area (Å²) in [6.07, 6.45) is 0.0666.